The van der Waals surface area contributed by atoms with Crippen molar-refractivity contribution in [1.82, 2.24) is 4.98 Å². The average Bonchev–Trinajstić information content (AvgIpc) is 3.74. The number of methoxy groups -OCH3 is 1. The average molecular weight is 884 g/mol. The number of carbonyl (C=O) groups is 2. The highest BCUT2D eigenvalue weighted by molar-refractivity contribution is 7.22. The summed E-state index contributed by atoms with van der Waals surface area (Å²) in [5.41, 5.74) is 3.25. The predicted molar refractivity (Wildman–Crippen MR) is 253 cm³/mol. The number of carbonyl (C=O) groups excluding carboxylic acids is 2. The molecule has 11 nitrogen and oxygen atoms in total. The van der Waals surface area contributed by atoms with Gasteiger partial charge in [0.1, 0.15) is 17.2 Å². The van der Waals surface area contributed by atoms with Crippen LogP contribution in [0, 0.1) is 23.2 Å². The summed E-state index contributed by atoms with van der Waals surface area (Å²) in [5.74, 6) is 3.29. The Bertz CT molecular complexity index is 1920. The summed E-state index contributed by atoms with van der Waals surface area (Å²) in [6.07, 6.45) is 17.5. The van der Waals surface area contributed by atoms with E-state index in [1.165, 1.54) is 61.1 Å². The molecule has 0 amide bonds. The first-order valence-electron chi connectivity index (χ1n) is 23.1. The van der Waals surface area contributed by atoms with E-state index in [4.69, 9.17) is 33.8 Å². The van der Waals surface area contributed by atoms with E-state index in [1.807, 2.05) is 30.3 Å². The first-order chi connectivity index (χ1) is 30.9. The van der Waals surface area contributed by atoms with Crippen LogP contribution in [0.1, 0.15) is 114 Å². The number of anilines is 1. The number of unbranched alkanes of at least 4 members (excludes halogenated alkanes) is 3. The Morgan fingerprint density at radius 1 is 0.825 bits per heavy atom. The molecule has 0 bridgehead atoms. The molecule has 342 valence electrons. The summed E-state index contributed by atoms with van der Waals surface area (Å²) in [4.78, 5) is 28.4. The molecule has 0 atom stereocenters. The summed E-state index contributed by atoms with van der Waals surface area (Å²) in [5, 5.41) is 12.2. The maximum absolute atomic E-state index is 12.9. The van der Waals surface area contributed by atoms with Gasteiger partial charge in [0.25, 0.3) is 0 Å². The van der Waals surface area contributed by atoms with Gasteiger partial charge in [0.15, 0.2) is 5.13 Å². The van der Waals surface area contributed by atoms with Crippen molar-refractivity contribution >= 4 is 44.8 Å². The number of ether oxygens (including phenoxy) is 6. The van der Waals surface area contributed by atoms with Gasteiger partial charge in [-0.25, -0.2) is 9.78 Å². The molecule has 0 radical (unpaired) electrons. The standard InChI is InChI=1S/C39H53NO6.C12H16N2O2S/c1-3-9-29-10-14-31(15-11-29)33-18-23-37(34(26-33)27-40)45-28-30-12-16-32(17-13-30)39(42)46-36-21-19-35(20-22-36)43-24-7-5-6-8-25-44-38(41)4-2;1-15-8-9-16-7-6-13-12-14-10-4-2-3-5-11(10)17-12/h4,18-23,26-27,29-32,40H,2-3,5-17,24-25,28H2,1H3;2-5H,6-9H2,1H3,(H,13,14). The molecule has 6 rings (SSSR count). The first-order valence-corrected chi connectivity index (χ1v) is 23.9. The lowest BCUT2D eigenvalue weighted by atomic mass is 9.77. The Labute approximate surface area is 378 Å². The number of hydrogen-bond donors (Lipinski definition) is 2. The summed E-state index contributed by atoms with van der Waals surface area (Å²) >= 11 is 1.66. The number of rotatable bonds is 25. The third-order valence-electron chi connectivity index (χ3n) is 11.9. The topological polar surface area (TPSA) is 138 Å². The third kappa shape index (κ3) is 17.4. The van der Waals surface area contributed by atoms with Gasteiger partial charge < -0.3 is 39.1 Å². The van der Waals surface area contributed by atoms with Gasteiger partial charge in [-0.15, -0.1) is 0 Å². The molecule has 1 aromatic heterocycles. The van der Waals surface area contributed by atoms with Crippen molar-refractivity contribution in [2.45, 2.75) is 103 Å². The zero-order valence-corrected chi connectivity index (χ0v) is 38.3. The number of benzene rings is 3. The van der Waals surface area contributed by atoms with Crippen LogP contribution in [0.3, 0.4) is 0 Å². The largest absolute Gasteiger partial charge is 0.494 e. The van der Waals surface area contributed by atoms with Crippen molar-refractivity contribution in [2.75, 3.05) is 58.6 Å². The number of thiazole rings is 1. The van der Waals surface area contributed by atoms with Crippen LogP contribution in [0.5, 0.6) is 17.2 Å². The highest BCUT2D eigenvalue weighted by Crippen LogP contribution is 2.39. The minimum Gasteiger partial charge on any atom is -0.494 e. The van der Waals surface area contributed by atoms with Crippen LogP contribution in [-0.4, -0.2) is 76.4 Å². The van der Waals surface area contributed by atoms with Gasteiger partial charge in [-0.1, -0.05) is 55.9 Å². The van der Waals surface area contributed by atoms with Crippen molar-refractivity contribution in [2.24, 2.45) is 17.8 Å². The molecule has 2 aliphatic rings. The number of hydrogen-bond acceptors (Lipinski definition) is 12. The second-order valence-corrected chi connectivity index (χ2v) is 17.6. The van der Waals surface area contributed by atoms with E-state index in [0.717, 1.165) is 91.5 Å². The molecule has 63 heavy (non-hydrogen) atoms. The lowest BCUT2D eigenvalue weighted by Crippen LogP contribution is -2.27. The van der Waals surface area contributed by atoms with Crippen LogP contribution in [0.4, 0.5) is 5.13 Å². The molecule has 2 fully saturated rings. The number of esters is 2. The fourth-order valence-electron chi connectivity index (χ4n) is 8.24. The second kappa shape index (κ2) is 28.1. The molecular formula is C51H69N3O8S. The third-order valence-corrected chi connectivity index (χ3v) is 12.9. The summed E-state index contributed by atoms with van der Waals surface area (Å²) < 4.78 is 34.2. The Kier molecular flexibility index (Phi) is 22.0. The predicted octanol–water partition coefficient (Wildman–Crippen LogP) is 11.6. The van der Waals surface area contributed by atoms with Gasteiger partial charge in [0.2, 0.25) is 0 Å². The maximum atomic E-state index is 12.9. The Balaban J connectivity index is 0.000000366. The number of aromatic nitrogens is 1. The fourth-order valence-corrected chi connectivity index (χ4v) is 9.13. The molecule has 0 saturated heterocycles. The lowest BCUT2D eigenvalue weighted by Gasteiger charge is -2.29. The number of fused-ring (bicyclic) bond motifs is 1. The van der Waals surface area contributed by atoms with Crippen molar-refractivity contribution in [1.29, 1.82) is 5.41 Å². The van der Waals surface area contributed by atoms with E-state index in [0.29, 0.717) is 57.2 Å². The quantitative estimate of drug-likeness (QED) is 0.0217. The SMILES string of the molecule is C=CC(=O)OCCCCCCOc1ccc(OC(=O)C2CCC(COc3ccc(C4CCC(CCC)CC4)cc3C=N)CC2)cc1.COCCOCCNc1nc2ccccc2s1. The smallest absolute Gasteiger partial charge is 0.330 e. The van der Waals surface area contributed by atoms with Crippen LogP contribution >= 0.6 is 11.3 Å². The Morgan fingerprint density at radius 3 is 2.27 bits per heavy atom. The highest BCUT2D eigenvalue weighted by atomic mass is 32.1. The first kappa shape index (κ1) is 49.2. The molecule has 12 heteroatoms. The molecule has 4 aromatic rings. The minimum atomic E-state index is -0.378. The van der Waals surface area contributed by atoms with Crippen LogP contribution in [0.15, 0.2) is 79.4 Å². The van der Waals surface area contributed by atoms with Gasteiger partial charge in [0.05, 0.1) is 55.8 Å². The molecule has 3 aromatic carbocycles. The van der Waals surface area contributed by atoms with E-state index in [-0.39, 0.29) is 17.9 Å². The van der Waals surface area contributed by atoms with Crippen molar-refractivity contribution in [3.8, 4) is 17.2 Å². The molecule has 2 saturated carbocycles. The van der Waals surface area contributed by atoms with Crippen molar-refractivity contribution in [3.63, 3.8) is 0 Å². The molecule has 0 unspecified atom stereocenters. The molecule has 0 aliphatic heterocycles. The molecule has 1 heterocycles. The Morgan fingerprint density at radius 2 is 1.56 bits per heavy atom. The maximum Gasteiger partial charge on any atom is 0.330 e. The van der Waals surface area contributed by atoms with E-state index < -0.39 is 0 Å². The monoisotopic (exact) mass is 883 g/mol. The Hall–Kier alpha value is -4.78. The minimum absolute atomic E-state index is 0.101. The summed E-state index contributed by atoms with van der Waals surface area (Å²) in [6, 6.07) is 21.8. The number of nitrogens with one attached hydrogen (secondary N) is 2. The van der Waals surface area contributed by atoms with E-state index in [9.17, 15) is 9.59 Å². The van der Waals surface area contributed by atoms with Crippen LogP contribution in [0.2, 0.25) is 0 Å². The zero-order valence-electron chi connectivity index (χ0n) is 37.5. The summed E-state index contributed by atoms with van der Waals surface area (Å²) in [7, 11) is 1.67. The second-order valence-electron chi connectivity index (χ2n) is 16.5. The van der Waals surface area contributed by atoms with Gasteiger partial charge in [-0.2, -0.15) is 0 Å². The van der Waals surface area contributed by atoms with Gasteiger partial charge in [0, 0.05) is 31.5 Å². The van der Waals surface area contributed by atoms with Gasteiger partial charge in [-0.05, 0) is 149 Å². The number of para-hydroxylation sites is 1. The van der Waals surface area contributed by atoms with Crippen LogP contribution in [0.25, 0.3) is 10.2 Å². The molecule has 0 spiro atoms. The normalized spacial score (nSPS) is 18.4. The van der Waals surface area contributed by atoms with Crippen molar-refractivity contribution < 1.29 is 38.0 Å². The van der Waals surface area contributed by atoms with Gasteiger partial charge in [-0.3, -0.25) is 4.79 Å². The lowest BCUT2D eigenvalue weighted by molar-refractivity contribution is -0.140. The fraction of sp³-hybridized carbons (Fsp3) is 0.529. The number of nitrogens with zero attached hydrogens (tertiary/aromatic N) is 1. The van der Waals surface area contributed by atoms with E-state index >= 15 is 0 Å². The van der Waals surface area contributed by atoms with Crippen LogP contribution in [-0.2, 0) is 23.8 Å². The highest BCUT2D eigenvalue weighted by Gasteiger charge is 2.29. The van der Waals surface area contributed by atoms with Crippen molar-refractivity contribution in [3.05, 3.63) is 90.5 Å². The van der Waals surface area contributed by atoms with E-state index in [1.54, 1.807) is 30.6 Å². The van der Waals surface area contributed by atoms with Gasteiger partial charge >= 0.3 is 11.9 Å². The molecular weight excluding hydrogens is 815 g/mol. The van der Waals surface area contributed by atoms with E-state index in [2.05, 4.69) is 48.1 Å². The molecule has 2 N–H and O–H groups in total. The zero-order chi connectivity index (χ0) is 44.5. The summed E-state index contributed by atoms with van der Waals surface area (Å²) in [6.45, 7) is 10.0. The molecule has 2 aliphatic carbocycles. The van der Waals surface area contributed by atoms with Crippen LogP contribution < -0.4 is 19.5 Å².